The van der Waals surface area contributed by atoms with Crippen molar-refractivity contribution in [3.05, 3.63) is 143 Å². The first kappa shape index (κ1) is 15.8. The fraction of sp³-hybridized carbons (Fsp3) is 0.0370. The summed E-state index contributed by atoms with van der Waals surface area (Å²) in [6.07, 6.45) is 0. The van der Waals surface area contributed by atoms with E-state index in [1.165, 1.54) is 39.0 Å². The van der Waals surface area contributed by atoms with Gasteiger partial charge in [-0.2, -0.15) is 0 Å². The van der Waals surface area contributed by atoms with Crippen molar-refractivity contribution in [2.75, 3.05) is 0 Å². The Bertz CT molecular complexity index is 1090. The van der Waals surface area contributed by atoms with Crippen molar-refractivity contribution in [3.8, 4) is 0 Å². The number of rotatable bonds is 3. The average molecular weight is 344 g/mol. The van der Waals surface area contributed by atoms with Crippen LogP contribution in [0.1, 0.15) is 33.7 Å². The van der Waals surface area contributed by atoms with E-state index >= 15 is 0 Å². The lowest BCUT2D eigenvalue weighted by Crippen LogP contribution is -2.01. The van der Waals surface area contributed by atoms with Crippen LogP contribution < -0.4 is 0 Å². The van der Waals surface area contributed by atoms with Gasteiger partial charge in [0.15, 0.2) is 0 Å². The maximum atomic E-state index is 2.28. The van der Waals surface area contributed by atoms with Gasteiger partial charge >= 0.3 is 0 Å². The van der Waals surface area contributed by atoms with Crippen LogP contribution >= 0.6 is 0 Å². The van der Waals surface area contributed by atoms with E-state index in [-0.39, 0.29) is 5.92 Å². The van der Waals surface area contributed by atoms with E-state index in [0.717, 1.165) is 0 Å². The summed E-state index contributed by atoms with van der Waals surface area (Å²) in [5.74, 6) is 0.250. The van der Waals surface area contributed by atoms with E-state index in [9.17, 15) is 0 Å². The van der Waals surface area contributed by atoms with Crippen molar-refractivity contribution in [2.45, 2.75) is 5.92 Å². The molecule has 128 valence electrons. The Labute approximate surface area is 160 Å². The minimum atomic E-state index is 0.250. The van der Waals surface area contributed by atoms with E-state index in [1.807, 2.05) is 0 Å². The predicted octanol–water partition coefficient (Wildman–Crippen LogP) is 6.79. The highest BCUT2D eigenvalue weighted by molar-refractivity contribution is 6.06. The van der Waals surface area contributed by atoms with E-state index in [2.05, 4.69) is 115 Å². The molecule has 0 aliphatic heterocycles. The van der Waals surface area contributed by atoms with Gasteiger partial charge in [0.05, 0.1) is 0 Å². The fourth-order valence-corrected chi connectivity index (χ4v) is 4.26. The van der Waals surface area contributed by atoms with Crippen LogP contribution in [-0.2, 0) is 0 Å². The Balaban J connectivity index is 1.86. The van der Waals surface area contributed by atoms with Crippen molar-refractivity contribution in [1.82, 2.24) is 0 Å². The molecule has 0 saturated carbocycles. The van der Waals surface area contributed by atoms with Crippen molar-refractivity contribution < 1.29 is 0 Å². The highest BCUT2D eigenvalue weighted by atomic mass is 14.4. The van der Waals surface area contributed by atoms with E-state index in [4.69, 9.17) is 0 Å². The first-order valence-corrected chi connectivity index (χ1v) is 9.43. The number of benzene rings is 4. The van der Waals surface area contributed by atoms with Crippen molar-refractivity contribution in [1.29, 1.82) is 0 Å². The third kappa shape index (κ3) is 2.71. The van der Waals surface area contributed by atoms with Crippen LogP contribution in [0.4, 0.5) is 0 Å². The van der Waals surface area contributed by atoms with Gasteiger partial charge in [-0.25, -0.2) is 0 Å². The summed E-state index contributed by atoms with van der Waals surface area (Å²) in [7, 11) is 0. The molecule has 0 unspecified atom stereocenters. The molecule has 0 N–H and O–H groups in total. The van der Waals surface area contributed by atoms with Crippen molar-refractivity contribution in [3.63, 3.8) is 0 Å². The van der Waals surface area contributed by atoms with Gasteiger partial charge < -0.3 is 0 Å². The van der Waals surface area contributed by atoms with Crippen LogP contribution in [0, 0.1) is 0 Å². The Morgan fingerprint density at radius 3 is 1.63 bits per heavy atom. The highest BCUT2D eigenvalue weighted by Crippen LogP contribution is 2.52. The molecule has 0 heteroatoms. The maximum absolute atomic E-state index is 2.28. The lowest BCUT2D eigenvalue weighted by molar-refractivity contribution is 1.07. The third-order valence-electron chi connectivity index (χ3n) is 5.38. The molecule has 5 rings (SSSR count). The largest absolute Gasteiger partial charge is 0.0622 e. The summed E-state index contributed by atoms with van der Waals surface area (Å²) in [6.45, 7) is 0. The number of allylic oxidation sites excluding steroid dienone is 1. The molecule has 0 nitrogen and oxygen atoms in total. The second-order valence-electron chi connectivity index (χ2n) is 6.95. The summed E-state index contributed by atoms with van der Waals surface area (Å²) in [6, 6.07) is 41.4. The van der Waals surface area contributed by atoms with Gasteiger partial charge in [-0.15, -0.1) is 0 Å². The lowest BCUT2D eigenvalue weighted by Gasteiger charge is -2.18. The summed E-state index contributed by atoms with van der Waals surface area (Å²) >= 11 is 0. The zero-order valence-corrected chi connectivity index (χ0v) is 15.0. The summed E-state index contributed by atoms with van der Waals surface area (Å²) in [4.78, 5) is 0. The standard InChI is InChI=1S/C27H20/c1-4-12-20(13-5-1)25-23-18-10-11-19-24(23)26(21-14-6-2-7-15-21)27(25)22-16-8-3-9-17-22/h1-19,25H/t25-/m1/s1. The van der Waals surface area contributed by atoms with Crippen LogP contribution in [-0.4, -0.2) is 0 Å². The van der Waals surface area contributed by atoms with E-state index in [1.54, 1.807) is 0 Å². The van der Waals surface area contributed by atoms with Gasteiger partial charge in [0, 0.05) is 5.92 Å². The number of hydrogen-bond acceptors (Lipinski definition) is 0. The Hall–Kier alpha value is -3.38. The average Bonchev–Trinajstić information content (AvgIpc) is 3.11. The Morgan fingerprint density at radius 1 is 0.444 bits per heavy atom. The molecule has 0 amide bonds. The monoisotopic (exact) mass is 344 g/mol. The molecule has 0 bridgehead atoms. The lowest BCUT2D eigenvalue weighted by atomic mass is 9.84. The van der Waals surface area contributed by atoms with Crippen molar-refractivity contribution in [2.24, 2.45) is 0 Å². The minimum absolute atomic E-state index is 0.250. The molecule has 0 aromatic heterocycles. The molecule has 0 spiro atoms. The van der Waals surface area contributed by atoms with Crippen LogP contribution in [0.3, 0.4) is 0 Å². The molecular weight excluding hydrogens is 324 g/mol. The molecule has 1 aliphatic rings. The zero-order valence-electron chi connectivity index (χ0n) is 15.0. The smallest absolute Gasteiger partial charge is 0.0358 e. The number of hydrogen-bond donors (Lipinski definition) is 0. The SMILES string of the molecule is c1ccc(C2=C(c3ccccc3)[C@H](c3ccccc3)c3ccccc32)cc1. The van der Waals surface area contributed by atoms with Gasteiger partial charge in [0.1, 0.15) is 0 Å². The Morgan fingerprint density at radius 2 is 0.963 bits per heavy atom. The van der Waals surface area contributed by atoms with Gasteiger partial charge in [-0.1, -0.05) is 115 Å². The zero-order chi connectivity index (χ0) is 18.1. The first-order valence-electron chi connectivity index (χ1n) is 9.43. The maximum Gasteiger partial charge on any atom is 0.0358 e. The van der Waals surface area contributed by atoms with Gasteiger partial charge in [0.2, 0.25) is 0 Å². The molecule has 27 heavy (non-hydrogen) atoms. The molecule has 1 aliphatic carbocycles. The molecular formula is C27H20. The van der Waals surface area contributed by atoms with Crippen LogP contribution in [0.5, 0.6) is 0 Å². The highest BCUT2D eigenvalue weighted by Gasteiger charge is 2.33. The second kappa shape index (κ2) is 6.74. The minimum Gasteiger partial charge on any atom is -0.0622 e. The van der Waals surface area contributed by atoms with Gasteiger partial charge in [-0.05, 0) is 39.0 Å². The summed E-state index contributed by atoms with van der Waals surface area (Å²) < 4.78 is 0. The molecule has 4 aromatic rings. The van der Waals surface area contributed by atoms with E-state index in [0.29, 0.717) is 0 Å². The molecule has 0 fully saturated rings. The van der Waals surface area contributed by atoms with Gasteiger partial charge in [-0.3, -0.25) is 0 Å². The summed E-state index contributed by atoms with van der Waals surface area (Å²) in [5.41, 5.74) is 9.40. The van der Waals surface area contributed by atoms with Gasteiger partial charge in [0.25, 0.3) is 0 Å². The molecule has 1 atom stereocenters. The van der Waals surface area contributed by atoms with Crippen LogP contribution in [0.15, 0.2) is 115 Å². The Kier molecular flexibility index (Phi) is 3.95. The predicted molar refractivity (Wildman–Crippen MR) is 114 cm³/mol. The van der Waals surface area contributed by atoms with E-state index < -0.39 is 0 Å². The second-order valence-corrected chi connectivity index (χ2v) is 6.95. The molecule has 0 heterocycles. The first-order chi connectivity index (χ1) is 13.4. The topological polar surface area (TPSA) is 0 Å². The van der Waals surface area contributed by atoms with Crippen LogP contribution in [0.2, 0.25) is 0 Å². The molecule has 0 radical (unpaired) electrons. The summed E-state index contributed by atoms with van der Waals surface area (Å²) in [5, 5.41) is 0. The van der Waals surface area contributed by atoms with Crippen molar-refractivity contribution >= 4 is 11.1 Å². The quantitative estimate of drug-likeness (QED) is 0.384. The molecule has 4 aromatic carbocycles. The fourth-order valence-electron chi connectivity index (χ4n) is 4.26. The number of fused-ring (bicyclic) bond motifs is 1. The normalized spacial score (nSPS) is 15.6. The molecule has 0 saturated heterocycles. The van der Waals surface area contributed by atoms with Crippen LogP contribution in [0.25, 0.3) is 11.1 Å². The third-order valence-corrected chi connectivity index (χ3v) is 5.38.